The lowest BCUT2D eigenvalue weighted by Gasteiger charge is -2.16. The number of rotatable bonds is 4. The molecular formula is C10H12F3NO. The molecule has 1 aromatic carbocycles. The molecular weight excluding hydrogens is 207 g/mol. The van der Waals surface area contributed by atoms with Gasteiger partial charge in [0, 0.05) is 24.8 Å². The zero-order chi connectivity index (χ0) is 11.4. The lowest BCUT2D eigenvalue weighted by molar-refractivity contribution is 0.0659. The van der Waals surface area contributed by atoms with Crippen LogP contribution in [0.1, 0.15) is 18.6 Å². The maximum Gasteiger partial charge on any atom is 0.161 e. The summed E-state index contributed by atoms with van der Waals surface area (Å²) in [7, 11) is 0. The molecule has 15 heavy (non-hydrogen) atoms. The van der Waals surface area contributed by atoms with Gasteiger partial charge >= 0.3 is 0 Å². The molecule has 0 spiro atoms. The predicted molar refractivity (Wildman–Crippen MR) is 49.7 cm³/mol. The summed E-state index contributed by atoms with van der Waals surface area (Å²) in [5.41, 5.74) is 5.28. The number of hydrogen-bond acceptors (Lipinski definition) is 2. The van der Waals surface area contributed by atoms with Crippen molar-refractivity contribution >= 4 is 0 Å². The van der Waals surface area contributed by atoms with Gasteiger partial charge in [-0.3, -0.25) is 0 Å². The minimum absolute atomic E-state index is 0.00975. The second kappa shape index (κ2) is 5.14. The van der Waals surface area contributed by atoms with Gasteiger partial charge in [-0.2, -0.15) is 0 Å². The molecule has 0 saturated carbocycles. The van der Waals surface area contributed by atoms with Gasteiger partial charge in [0.1, 0.15) is 5.82 Å². The first-order valence-corrected chi connectivity index (χ1v) is 4.56. The van der Waals surface area contributed by atoms with Gasteiger partial charge in [0.25, 0.3) is 0 Å². The highest BCUT2D eigenvalue weighted by molar-refractivity contribution is 5.22. The first kappa shape index (κ1) is 12.0. The molecule has 0 amide bonds. The standard InChI is InChI=1S/C10H12F3NO/c1-2-15-10(5-14)6-3-8(12)9(13)4-7(6)11/h3-4,10H,2,5,14H2,1H3. The van der Waals surface area contributed by atoms with Crippen molar-refractivity contribution in [1.29, 1.82) is 0 Å². The fourth-order valence-electron chi connectivity index (χ4n) is 1.27. The predicted octanol–water partition coefficient (Wildman–Crippen LogP) is 2.14. The van der Waals surface area contributed by atoms with Crippen molar-refractivity contribution in [3.8, 4) is 0 Å². The van der Waals surface area contributed by atoms with E-state index in [2.05, 4.69) is 0 Å². The molecule has 0 fully saturated rings. The molecule has 0 radical (unpaired) electrons. The molecule has 84 valence electrons. The quantitative estimate of drug-likeness (QED) is 0.787. The van der Waals surface area contributed by atoms with Crippen LogP contribution in [-0.2, 0) is 4.74 Å². The third-order valence-corrected chi connectivity index (χ3v) is 1.97. The smallest absolute Gasteiger partial charge is 0.161 e. The third kappa shape index (κ3) is 2.70. The van der Waals surface area contributed by atoms with E-state index in [9.17, 15) is 13.2 Å². The molecule has 1 unspecified atom stereocenters. The summed E-state index contributed by atoms with van der Waals surface area (Å²) in [6.07, 6.45) is -0.745. The van der Waals surface area contributed by atoms with E-state index in [-0.39, 0.29) is 12.1 Å². The molecule has 1 aromatic rings. The zero-order valence-electron chi connectivity index (χ0n) is 8.27. The monoisotopic (exact) mass is 219 g/mol. The Kier molecular flexibility index (Phi) is 4.11. The first-order valence-electron chi connectivity index (χ1n) is 4.56. The van der Waals surface area contributed by atoms with E-state index in [0.29, 0.717) is 12.7 Å². The summed E-state index contributed by atoms with van der Waals surface area (Å²) in [5.74, 6) is -3.18. The van der Waals surface area contributed by atoms with Gasteiger partial charge in [-0.25, -0.2) is 13.2 Å². The van der Waals surface area contributed by atoms with Crippen LogP contribution in [0, 0.1) is 17.5 Å². The number of benzene rings is 1. The lowest BCUT2D eigenvalue weighted by Crippen LogP contribution is -2.17. The maximum absolute atomic E-state index is 13.2. The Hall–Kier alpha value is -1.07. The average molecular weight is 219 g/mol. The molecule has 0 aliphatic rings. The van der Waals surface area contributed by atoms with Crippen molar-refractivity contribution in [1.82, 2.24) is 0 Å². The number of ether oxygens (including phenoxy) is 1. The van der Waals surface area contributed by atoms with Crippen LogP contribution in [0.2, 0.25) is 0 Å². The Morgan fingerprint density at radius 3 is 2.33 bits per heavy atom. The highest BCUT2D eigenvalue weighted by Crippen LogP contribution is 2.22. The largest absolute Gasteiger partial charge is 0.372 e. The molecule has 0 aromatic heterocycles. The summed E-state index contributed by atoms with van der Waals surface area (Å²) in [6.45, 7) is 2.04. The van der Waals surface area contributed by atoms with E-state index < -0.39 is 23.6 Å². The van der Waals surface area contributed by atoms with Gasteiger partial charge in [-0.15, -0.1) is 0 Å². The molecule has 0 aliphatic heterocycles. The van der Waals surface area contributed by atoms with Crippen molar-refractivity contribution in [2.75, 3.05) is 13.2 Å². The van der Waals surface area contributed by atoms with Crippen LogP contribution >= 0.6 is 0 Å². The van der Waals surface area contributed by atoms with Crippen LogP contribution in [0.4, 0.5) is 13.2 Å². The molecule has 0 aliphatic carbocycles. The van der Waals surface area contributed by atoms with E-state index in [0.717, 1.165) is 6.07 Å². The van der Waals surface area contributed by atoms with E-state index in [1.807, 2.05) is 0 Å². The van der Waals surface area contributed by atoms with Crippen molar-refractivity contribution < 1.29 is 17.9 Å². The highest BCUT2D eigenvalue weighted by atomic mass is 19.2. The van der Waals surface area contributed by atoms with Crippen molar-refractivity contribution in [2.24, 2.45) is 5.73 Å². The topological polar surface area (TPSA) is 35.2 Å². The first-order chi connectivity index (χ1) is 7.10. The van der Waals surface area contributed by atoms with Crippen LogP contribution in [0.3, 0.4) is 0 Å². The number of halogens is 3. The minimum atomic E-state index is -1.22. The van der Waals surface area contributed by atoms with E-state index in [1.165, 1.54) is 0 Å². The Morgan fingerprint density at radius 2 is 1.80 bits per heavy atom. The highest BCUT2D eigenvalue weighted by Gasteiger charge is 2.17. The molecule has 0 heterocycles. The van der Waals surface area contributed by atoms with Crippen molar-refractivity contribution in [3.05, 3.63) is 35.1 Å². The minimum Gasteiger partial charge on any atom is -0.372 e. The summed E-state index contributed by atoms with van der Waals surface area (Å²) in [4.78, 5) is 0. The van der Waals surface area contributed by atoms with Crippen LogP contribution < -0.4 is 5.73 Å². The SMILES string of the molecule is CCOC(CN)c1cc(F)c(F)cc1F. The van der Waals surface area contributed by atoms with Crippen LogP contribution in [-0.4, -0.2) is 13.2 Å². The molecule has 5 heteroatoms. The van der Waals surface area contributed by atoms with Gasteiger partial charge in [0.2, 0.25) is 0 Å². The third-order valence-electron chi connectivity index (χ3n) is 1.97. The fourth-order valence-corrected chi connectivity index (χ4v) is 1.27. The molecule has 2 N–H and O–H groups in total. The van der Waals surface area contributed by atoms with Gasteiger partial charge < -0.3 is 10.5 Å². The second-order valence-electron chi connectivity index (χ2n) is 2.97. The normalized spacial score (nSPS) is 12.9. The van der Waals surface area contributed by atoms with Crippen LogP contribution in [0.25, 0.3) is 0 Å². The Labute approximate surface area is 85.8 Å². The molecule has 2 nitrogen and oxygen atoms in total. The molecule has 1 rings (SSSR count). The summed E-state index contributed by atoms with van der Waals surface area (Å²) in [5, 5.41) is 0. The fraction of sp³-hybridized carbons (Fsp3) is 0.400. The Morgan fingerprint density at radius 1 is 1.20 bits per heavy atom. The Bertz CT molecular complexity index is 344. The number of nitrogens with two attached hydrogens (primary N) is 1. The van der Waals surface area contributed by atoms with E-state index in [1.54, 1.807) is 6.92 Å². The molecule has 0 saturated heterocycles. The second-order valence-corrected chi connectivity index (χ2v) is 2.97. The van der Waals surface area contributed by atoms with Crippen LogP contribution in [0.15, 0.2) is 12.1 Å². The molecule has 0 bridgehead atoms. The average Bonchev–Trinajstić information content (AvgIpc) is 2.20. The van der Waals surface area contributed by atoms with E-state index in [4.69, 9.17) is 10.5 Å². The van der Waals surface area contributed by atoms with Gasteiger partial charge in [-0.1, -0.05) is 0 Å². The Balaban J connectivity index is 3.06. The summed E-state index contributed by atoms with van der Waals surface area (Å²) in [6, 6.07) is 1.27. The lowest BCUT2D eigenvalue weighted by atomic mass is 10.1. The summed E-state index contributed by atoms with van der Waals surface area (Å²) < 4.78 is 43.8. The van der Waals surface area contributed by atoms with Gasteiger partial charge in [0.05, 0.1) is 6.10 Å². The van der Waals surface area contributed by atoms with E-state index >= 15 is 0 Å². The zero-order valence-corrected chi connectivity index (χ0v) is 8.27. The summed E-state index contributed by atoms with van der Waals surface area (Å²) >= 11 is 0. The van der Waals surface area contributed by atoms with Crippen molar-refractivity contribution in [3.63, 3.8) is 0 Å². The van der Waals surface area contributed by atoms with Crippen molar-refractivity contribution in [2.45, 2.75) is 13.0 Å². The van der Waals surface area contributed by atoms with Gasteiger partial charge in [-0.05, 0) is 13.0 Å². The molecule has 1 atom stereocenters. The number of hydrogen-bond donors (Lipinski definition) is 1. The van der Waals surface area contributed by atoms with Gasteiger partial charge in [0.15, 0.2) is 11.6 Å². The van der Waals surface area contributed by atoms with Crippen LogP contribution in [0.5, 0.6) is 0 Å². The maximum atomic E-state index is 13.2.